The Kier molecular flexibility index (Phi) is 4.14. The van der Waals surface area contributed by atoms with Crippen LogP contribution in [0.5, 0.6) is 0 Å². The van der Waals surface area contributed by atoms with Crippen molar-refractivity contribution in [1.82, 2.24) is 0 Å². The maximum atomic E-state index is 6.65. The fourth-order valence-corrected chi connectivity index (χ4v) is 9.29. The van der Waals surface area contributed by atoms with Crippen molar-refractivity contribution < 1.29 is 0 Å². The Morgan fingerprint density at radius 2 is 1.21 bits per heavy atom. The summed E-state index contributed by atoms with van der Waals surface area (Å²) in [6.45, 7) is 0. The summed E-state index contributed by atoms with van der Waals surface area (Å²) in [5.41, 5.74) is 8.81. The van der Waals surface area contributed by atoms with Crippen LogP contribution in [0, 0.1) is 23.7 Å². The first-order valence-electron chi connectivity index (χ1n) is 12.7. The number of rotatable bonds is 1. The first kappa shape index (κ1) is 20.1. The Bertz CT molecular complexity index is 1470. The quantitative estimate of drug-likeness (QED) is 0.232. The van der Waals surface area contributed by atoms with Crippen LogP contribution >= 0.6 is 27.5 Å². The van der Waals surface area contributed by atoms with E-state index >= 15 is 0 Å². The fraction of sp³-hybridized carbons (Fsp3) is 0.312. The molecule has 5 aliphatic carbocycles. The van der Waals surface area contributed by atoms with Crippen LogP contribution in [0.4, 0.5) is 0 Å². The molecule has 0 nitrogen and oxygen atoms in total. The summed E-state index contributed by atoms with van der Waals surface area (Å²) in [5, 5.41) is 3.46. The van der Waals surface area contributed by atoms with Crippen molar-refractivity contribution in [3.63, 3.8) is 0 Å². The van der Waals surface area contributed by atoms with Gasteiger partial charge in [0.05, 0.1) is 0 Å². The minimum atomic E-state index is 0.153. The number of benzene rings is 4. The lowest BCUT2D eigenvalue weighted by Gasteiger charge is -2.61. The number of hydrogen-bond donors (Lipinski definition) is 0. The maximum Gasteiger partial charge on any atom is 0.0409 e. The third-order valence-electron chi connectivity index (χ3n) is 9.74. The van der Waals surface area contributed by atoms with Gasteiger partial charge in [-0.05, 0) is 136 Å². The average Bonchev–Trinajstić information content (AvgIpc) is 3.11. The van der Waals surface area contributed by atoms with Gasteiger partial charge in [0.15, 0.2) is 0 Å². The van der Waals surface area contributed by atoms with Crippen LogP contribution < -0.4 is 0 Å². The largest absolute Gasteiger partial charge is 0.0843 e. The highest BCUT2D eigenvalue weighted by Gasteiger charge is 2.61. The Balaban J connectivity index is 1.35. The van der Waals surface area contributed by atoms with Crippen LogP contribution in [0.2, 0.25) is 5.02 Å². The van der Waals surface area contributed by atoms with E-state index < -0.39 is 0 Å². The second kappa shape index (κ2) is 6.99. The molecule has 0 amide bonds. The van der Waals surface area contributed by atoms with E-state index in [1.165, 1.54) is 70.7 Å². The first-order valence-corrected chi connectivity index (χ1v) is 13.9. The lowest BCUT2D eigenvalue weighted by Crippen LogP contribution is -2.55. The SMILES string of the molecule is Clc1ccc2c(c1)C1(c3cc(-c4ccc5cc(Br)ccc5c4)ccc3-2)C2CC3CC(C2)CC1C3. The van der Waals surface area contributed by atoms with E-state index in [0.717, 1.165) is 33.2 Å². The molecule has 4 saturated carbocycles. The molecular formula is C32H26BrCl. The molecule has 4 bridgehead atoms. The topological polar surface area (TPSA) is 0 Å². The second-order valence-corrected chi connectivity index (χ2v) is 12.7. The third-order valence-corrected chi connectivity index (χ3v) is 10.5. The fourth-order valence-electron chi connectivity index (χ4n) is 8.74. The van der Waals surface area contributed by atoms with Crippen LogP contribution in [0.3, 0.4) is 0 Å². The molecule has 0 radical (unpaired) electrons. The maximum absolute atomic E-state index is 6.65. The van der Waals surface area contributed by atoms with Crippen molar-refractivity contribution in [3.05, 3.63) is 93.4 Å². The molecule has 0 aliphatic heterocycles. The van der Waals surface area contributed by atoms with Crippen molar-refractivity contribution in [3.8, 4) is 22.3 Å². The molecule has 1 spiro atoms. The standard InChI is InChI=1S/C32H26BrCl/c33-26-5-3-21-14-20(1-2-22(21)15-26)23-4-7-28-29-8-6-27(34)17-31(29)32(30(28)16-23)24-10-18-9-19(12-24)13-25(32)11-18/h1-8,14-19,24-25H,9-13H2. The summed E-state index contributed by atoms with van der Waals surface area (Å²) in [6.07, 6.45) is 7.06. The van der Waals surface area contributed by atoms with Crippen LogP contribution in [-0.2, 0) is 5.41 Å². The Hall–Kier alpha value is -2.09. The van der Waals surface area contributed by atoms with Gasteiger partial charge in [-0.1, -0.05) is 63.9 Å². The van der Waals surface area contributed by atoms with Gasteiger partial charge in [-0.25, -0.2) is 0 Å². The molecule has 0 aromatic heterocycles. The van der Waals surface area contributed by atoms with Crippen LogP contribution in [0.15, 0.2) is 77.3 Å². The van der Waals surface area contributed by atoms with E-state index in [4.69, 9.17) is 11.6 Å². The van der Waals surface area contributed by atoms with E-state index in [1.54, 1.807) is 5.56 Å². The molecule has 0 N–H and O–H groups in total. The Morgan fingerprint density at radius 1 is 0.618 bits per heavy atom. The van der Waals surface area contributed by atoms with Crippen molar-refractivity contribution in [2.45, 2.75) is 37.5 Å². The summed E-state index contributed by atoms with van der Waals surface area (Å²) in [7, 11) is 0. The normalized spacial score (nSPS) is 30.2. The van der Waals surface area contributed by atoms with E-state index in [1.807, 2.05) is 0 Å². The molecule has 168 valence electrons. The molecule has 5 aliphatic rings. The Labute approximate surface area is 214 Å². The molecule has 9 rings (SSSR count). The Morgan fingerprint density at radius 3 is 1.97 bits per heavy atom. The number of fused-ring (bicyclic) bond motifs is 4. The van der Waals surface area contributed by atoms with Gasteiger partial charge in [0.25, 0.3) is 0 Å². The van der Waals surface area contributed by atoms with E-state index in [0.29, 0.717) is 0 Å². The van der Waals surface area contributed by atoms with Crippen LogP contribution in [0.1, 0.15) is 43.2 Å². The zero-order valence-corrected chi connectivity index (χ0v) is 21.4. The number of hydrogen-bond acceptors (Lipinski definition) is 0. The molecule has 0 saturated heterocycles. The molecule has 0 heterocycles. The molecule has 0 atom stereocenters. The van der Waals surface area contributed by atoms with Crippen molar-refractivity contribution in [2.75, 3.05) is 0 Å². The van der Waals surface area contributed by atoms with Gasteiger partial charge in [-0.15, -0.1) is 0 Å². The minimum Gasteiger partial charge on any atom is -0.0843 e. The molecule has 34 heavy (non-hydrogen) atoms. The van der Waals surface area contributed by atoms with E-state index in [9.17, 15) is 0 Å². The zero-order chi connectivity index (χ0) is 22.6. The highest BCUT2D eigenvalue weighted by molar-refractivity contribution is 9.10. The molecule has 4 aromatic carbocycles. The van der Waals surface area contributed by atoms with E-state index in [-0.39, 0.29) is 5.41 Å². The molecule has 4 aromatic rings. The summed E-state index contributed by atoms with van der Waals surface area (Å²) >= 11 is 10.3. The molecular weight excluding hydrogens is 500 g/mol. The average molecular weight is 526 g/mol. The predicted octanol–water partition coefficient (Wildman–Crippen LogP) is 9.65. The van der Waals surface area contributed by atoms with Crippen molar-refractivity contribution >= 4 is 38.3 Å². The summed E-state index contributed by atoms with van der Waals surface area (Å²) in [6, 6.07) is 27.5. The van der Waals surface area contributed by atoms with Crippen LogP contribution in [0.25, 0.3) is 33.0 Å². The summed E-state index contributed by atoms with van der Waals surface area (Å²) in [5.74, 6) is 3.41. The molecule has 0 unspecified atom stereocenters. The third kappa shape index (κ3) is 2.61. The minimum absolute atomic E-state index is 0.153. The highest BCUT2D eigenvalue weighted by Crippen LogP contribution is 2.69. The summed E-state index contributed by atoms with van der Waals surface area (Å²) < 4.78 is 1.13. The van der Waals surface area contributed by atoms with Gasteiger partial charge in [-0.2, -0.15) is 0 Å². The lowest BCUT2D eigenvalue weighted by molar-refractivity contribution is -0.0399. The first-order chi connectivity index (χ1) is 16.6. The molecule has 2 heteroatoms. The highest BCUT2D eigenvalue weighted by atomic mass is 79.9. The van der Waals surface area contributed by atoms with Crippen molar-refractivity contribution in [1.29, 1.82) is 0 Å². The van der Waals surface area contributed by atoms with Gasteiger partial charge < -0.3 is 0 Å². The molecule has 4 fully saturated rings. The lowest BCUT2D eigenvalue weighted by atomic mass is 9.43. The smallest absolute Gasteiger partial charge is 0.0409 e. The van der Waals surface area contributed by atoms with Gasteiger partial charge in [0.1, 0.15) is 0 Å². The van der Waals surface area contributed by atoms with Gasteiger partial charge in [0.2, 0.25) is 0 Å². The summed E-state index contributed by atoms with van der Waals surface area (Å²) in [4.78, 5) is 0. The van der Waals surface area contributed by atoms with E-state index in [2.05, 4.69) is 88.7 Å². The van der Waals surface area contributed by atoms with Crippen LogP contribution in [-0.4, -0.2) is 0 Å². The van der Waals surface area contributed by atoms with Crippen molar-refractivity contribution in [2.24, 2.45) is 23.7 Å². The number of halogens is 2. The zero-order valence-electron chi connectivity index (χ0n) is 19.0. The second-order valence-electron chi connectivity index (χ2n) is 11.3. The predicted molar refractivity (Wildman–Crippen MR) is 145 cm³/mol. The monoisotopic (exact) mass is 524 g/mol. The van der Waals surface area contributed by atoms with Gasteiger partial charge >= 0.3 is 0 Å². The van der Waals surface area contributed by atoms with Gasteiger partial charge in [0, 0.05) is 14.9 Å². The van der Waals surface area contributed by atoms with Gasteiger partial charge in [-0.3, -0.25) is 0 Å².